The van der Waals surface area contributed by atoms with Crippen molar-refractivity contribution < 1.29 is 9.59 Å². The molecule has 0 radical (unpaired) electrons. The molecule has 0 saturated carbocycles. The summed E-state index contributed by atoms with van der Waals surface area (Å²) in [6.45, 7) is 5.40. The van der Waals surface area contributed by atoms with E-state index in [-0.39, 0.29) is 11.7 Å². The molecule has 0 spiro atoms. The van der Waals surface area contributed by atoms with Crippen LogP contribution in [0.2, 0.25) is 0 Å². The van der Waals surface area contributed by atoms with Crippen LogP contribution in [0.5, 0.6) is 0 Å². The lowest BCUT2D eigenvalue weighted by atomic mass is 10.0. The second kappa shape index (κ2) is 4.70. The third-order valence-electron chi connectivity index (χ3n) is 3.15. The SMILES string of the molecule is CC(C)c1ccc(CN2CCC(=O)C2=O)cc1. The summed E-state index contributed by atoms with van der Waals surface area (Å²) in [5.41, 5.74) is 2.37. The van der Waals surface area contributed by atoms with E-state index in [9.17, 15) is 9.59 Å². The second-order valence-electron chi connectivity index (χ2n) is 4.80. The molecule has 3 heteroatoms. The number of benzene rings is 1. The van der Waals surface area contributed by atoms with Crippen LogP contribution in [0.1, 0.15) is 37.3 Å². The highest BCUT2D eigenvalue weighted by atomic mass is 16.2. The van der Waals surface area contributed by atoms with Crippen LogP contribution in [-0.4, -0.2) is 23.1 Å². The summed E-state index contributed by atoms with van der Waals surface area (Å²) in [6.07, 6.45) is 0.364. The van der Waals surface area contributed by atoms with Crippen molar-refractivity contribution in [3.63, 3.8) is 0 Å². The van der Waals surface area contributed by atoms with Crippen molar-refractivity contribution in [3.05, 3.63) is 35.4 Å². The Morgan fingerprint density at radius 1 is 1.18 bits per heavy atom. The first-order valence-corrected chi connectivity index (χ1v) is 5.99. The first-order valence-electron chi connectivity index (χ1n) is 5.99. The molecular formula is C14H17NO2. The first-order chi connectivity index (χ1) is 8.08. The first kappa shape index (κ1) is 11.8. The number of hydrogen-bond donors (Lipinski definition) is 0. The van der Waals surface area contributed by atoms with Crippen LogP contribution in [0.15, 0.2) is 24.3 Å². The van der Waals surface area contributed by atoms with Crippen LogP contribution in [0, 0.1) is 0 Å². The molecule has 0 unspecified atom stereocenters. The molecule has 0 N–H and O–H groups in total. The Morgan fingerprint density at radius 2 is 1.82 bits per heavy atom. The number of Topliss-reactive ketones (excluding diaryl/α,β-unsaturated/α-hetero) is 1. The lowest BCUT2D eigenvalue weighted by molar-refractivity contribution is -0.140. The van der Waals surface area contributed by atoms with Gasteiger partial charge in [0.2, 0.25) is 5.78 Å². The summed E-state index contributed by atoms with van der Waals surface area (Å²) in [6, 6.07) is 8.24. The van der Waals surface area contributed by atoms with Gasteiger partial charge >= 0.3 is 0 Å². The fraction of sp³-hybridized carbons (Fsp3) is 0.429. The van der Waals surface area contributed by atoms with Crippen LogP contribution in [0.25, 0.3) is 0 Å². The minimum absolute atomic E-state index is 0.260. The number of nitrogens with zero attached hydrogens (tertiary/aromatic N) is 1. The number of amides is 1. The normalized spacial score (nSPS) is 16.1. The smallest absolute Gasteiger partial charge is 0.290 e. The van der Waals surface area contributed by atoms with Crippen LogP contribution in [0.3, 0.4) is 0 Å². The number of hydrogen-bond acceptors (Lipinski definition) is 2. The van der Waals surface area contributed by atoms with E-state index >= 15 is 0 Å². The topological polar surface area (TPSA) is 37.4 Å². The molecule has 1 aliphatic heterocycles. The van der Waals surface area contributed by atoms with Gasteiger partial charge in [-0.05, 0) is 17.0 Å². The molecule has 90 valence electrons. The molecule has 2 rings (SSSR count). The molecule has 1 aliphatic rings. The zero-order valence-electron chi connectivity index (χ0n) is 10.3. The summed E-state index contributed by atoms with van der Waals surface area (Å²) >= 11 is 0. The number of carbonyl (C=O) groups excluding carboxylic acids is 2. The summed E-state index contributed by atoms with van der Waals surface area (Å²) < 4.78 is 0. The van der Waals surface area contributed by atoms with Gasteiger partial charge in [-0.3, -0.25) is 9.59 Å². The van der Waals surface area contributed by atoms with Crippen molar-refractivity contribution >= 4 is 11.7 Å². The molecule has 0 aliphatic carbocycles. The number of rotatable bonds is 3. The van der Waals surface area contributed by atoms with Crippen molar-refractivity contribution in [2.24, 2.45) is 0 Å². The van der Waals surface area contributed by atoms with Gasteiger partial charge in [0.25, 0.3) is 5.91 Å². The van der Waals surface area contributed by atoms with E-state index in [1.165, 1.54) is 5.56 Å². The van der Waals surface area contributed by atoms with Gasteiger partial charge in [0.15, 0.2) is 0 Å². The average molecular weight is 231 g/mol. The summed E-state index contributed by atoms with van der Waals surface area (Å²) in [5.74, 6) is -0.0826. The number of carbonyl (C=O) groups is 2. The quantitative estimate of drug-likeness (QED) is 0.747. The van der Waals surface area contributed by atoms with E-state index in [4.69, 9.17) is 0 Å². The second-order valence-corrected chi connectivity index (χ2v) is 4.80. The van der Waals surface area contributed by atoms with Crippen molar-refractivity contribution in [2.75, 3.05) is 6.54 Å². The minimum atomic E-state index is -0.335. The van der Waals surface area contributed by atoms with Crippen LogP contribution in [-0.2, 0) is 16.1 Å². The Hall–Kier alpha value is -1.64. The molecule has 1 heterocycles. The lowest BCUT2D eigenvalue weighted by Gasteiger charge is -2.15. The number of ketones is 1. The summed E-state index contributed by atoms with van der Waals surface area (Å²) in [4.78, 5) is 24.2. The highest BCUT2D eigenvalue weighted by Crippen LogP contribution is 2.17. The predicted octanol–water partition coefficient (Wildman–Crippen LogP) is 2.11. The monoisotopic (exact) mass is 231 g/mol. The summed E-state index contributed by atoms with van der Waals surface area (Å²) in [5, 5.41) is 0. The molecule has 1 saturated heterocycles. The maximum atomic E-state index is 11.5. The highest BCUT2D eigenvalue weighted by Gasteiger charge is 2.28. The molecule has 0 atom stereocenters. The molecular weight excluding hydrogens is 214 g/mol. The molecule has 17 heavy (non-hydrogen) atoms. The minimum Gasteiger partial charge on any atom is -0.331 e. The van der Waals surface area contributed by atoms with E-state index in [1.54, 1.807) is 4.90 Å². The van der Waals surface area contributed by atoms with Gasteiger partial charge in [-0.2, -0.15) is 0 Å². The molecule has 1 aromatic carbocycles. The van der Waals surface area contributed by atoms with E-state index in [0.29, 0.717) is 25.4 Å². The zero-order valence-corrected chi connectivity index (χ0v) is 10.3. The molecule has 3 nitrogen and oxygen atoms in total. The Kier molecular flexibility index (Phi) is 3.27. The van der Waals surface area contributed by atoms with Crippen LogP contribution in [0.4, 0.5) is 0 Å². The van der Waals surface area contributed by atoms with E-state index in [1.807, 2.05) is 12.1 Å². The van der Waals surface area contributed by atoms with Crippen LogP contribution < -0.4 is 0 Å². The fourth-order valence-electron chi connectivity index (χ4n) is 2.00. The van der Waals surface area contributed by atoms with Gasteiger partial charge in [0.05, 0.1) is 0 Å². The fourth-order valence-corrected chi connectivity index (χ4v) is 2.00. The van der Waals surface area contributed by atoms with Gasteiger partial charge in [-0.1, -0.05) is 38.1 Å². The predicted molar refractivity (Wildman–Crippen MR) is 65.6 cm³/mol. The highest BCUT2D eigenvalue weighted by molar-refractivity contribution is 6.37. The van der Waals surface area contributed by atoms with Crippen molar-refractivity contribution in [1.82, 2.24) is 4.90 Å². The van der Waals surface area contributed by atoms with E-state index < -0.39 is 0 Å². The van der Waals surface area contributed by atoms with Crippen LogP contribution >= 0.6 is 0 Å². The van der Waals surface area contributed by atoms with Gasteiger partial charge in [0.1, 0.15) is 0 Å². The Morgan fingerprint density at radius 3 is 2.29 bits per heavy atom. The number of likely N-dealkylation sites (tertiary alicyclic amines) is 1. The largest absolute Gasteiger partial charge is 0.331 e. The Labute approximate surface area is 101 Å². The van der Waals surface area contributed by atoms with E-state index in [0.717, 1.165) is 5.56 Å². The van der Waals surface area contributed by atoms with Gasteiger partial charge in [-0.15, -0.1) is 0 Å². The molecule has 1 aromatic rings. The maximum Gasteiger partial charge on any atom is 0.290 e. The Balaban J connectivity index is 2.04. The molecule has 1 fully saturated rings. The van der Waals surface area contributed by atoms with Crippen molar-refractivity contribution in [3.8, 4) is 0 Å². The molecule has 1 amide bonds. The lowest BCUT2D eigenvalue weighted by Crippen LogP contribution is -2.26. The zero-order chi connectivity index (χ0) is 12.4. The standard InChI is InChI=1S/C14H17NO2/c1-10(2)12-5-3-11(4-6-12)9-15-8-7-13(16)14(15)17/h3-6,10H,7-9H2,1-2H3. The molecule has 0 aromatic heterocycles. The third-order valence-corrected chi connectivity index (χ3v) is 3.15. The van der Waals surface area contributed by atoms with Gasteiger partial charge < -0.3 is 4.90 Å². The van der Waals surface area contributed by atoms with Gasteiger partial charge in [-0.25, -0.2) is 0 Å². The van der Waals surface area contributed by atoms with Gasteiger partial charge in [0, 0.05) is 19.5 Å². The van der Waals surface area contributed by atoms with Crippen molar-refractivity contribution in [2.45, 2.75) is 32.7 Å². The van der Waals surface area contributed by atoms with E-state index in [2.05, 4.69) is 26.0 Å². The Bertz CT molecular complexity index is 434. The molecule has 0 bridgehead atoms. The summed E-state index contributed by atoms with van der Waals surface area (Å²) in [7, 11) is 0. The third kappa shape index (κ3) is 2.54. The average Bonchev–Trinajstić information content (AvgIpc) is 2.62. The van der Waals surface area contributed by atoms with Crippen molar-refractivity contribution in [1.29, 1.82) is 0 Å². The maximum absolute atomic E-state index is 11.5.